The first-order valence-corrected chi connectivity index (χ1v) is 12.1. The average Bonchev–Trinajstić information content (AvgIpc) is 3.42. The van der Waals surface area contributed by atoms with Crippen LogP contribution < -0.4 is 10.2 Å². The van der Waals surface area contributed by atoms with Crippen LogP contribution in [0.2, 0.25) is 0 Å². The van der Waals surface area contributed by atoms with Crippen molar-refractivity contribution in [2.24, 2.45) is 11.8 Å². The van der Waals surface area contributed by atoms with Crippen molar-refractivity contribution in [2.45, 2.75) is 26.2 Å². The molecule has 2 aliphatic heterocycles. The molecule has 1 unspecified atom stereocenters. The number of para-hydroxylation sites is 1. The molecule has 170 valence electrons. The maximum atomic E-state index is 13.1. The molecule has 1 atom stereocenters. The first kappa shape index (κ1) is 21.6. The van der Waals surface area contributed by atoms with Gasteiger partial charge in [-0.05, 0) is 44.0 Å². The van der Waals surface area contributed by atoms with E-state index in [2.05, 4.69) is 10.3 Å². The molecule has 2 saturated heterocycles. The number of piperidine rings is 1. The molecule has 0 spiro atoms. The highest BCUT2D eigenvalue weighted by Crippen LogP contribution is 2.29. The molecule has 7 nitrogen and oxygen atoms in total. The summed E-state index contributed by atoms with van der Waals surface area (Å²) in [5, 5.41) is 3.56. The summed E-state index contributed by atoms with van der Waals surface area (Å²) in [5.41, 5.74) is 2.85. The Labute approximate surface area is 196 Å². The van der Waals surface area contributed by atoms with Crippen molar-refractivity contribution in [3.05, 3.63) is 54.1 Å². The normalized spacial score (nSPS) is 19.3. The Balaban J connectivity index is 1.15. The Kier molecular flexibility index (Phi) is 5.85. The van der Waals surface area contributed by atoms with Gasteiger partial charge in [-0.2, -0.15) is 0 Å². The number of thiazole rings is 1. The quantitative estimate of drug-likeness (QED) is 0.639. The molecule has 3 heterocycles. The molecule has 2 aliphatic rings. The van der Waals surface area contributed by atoms with Gasteiger partial charge in [-0.15, -0.1) is 0 Å². The van der Waals surface area contributed by atoms with Crippen molar-refractivity contribution in [2.75, 3.05) is 29.9 Å². The van der Waals surface area contributed by atoms with Gasteiger partial charge in [0.1, 0.15) is 0 Å². The maximum absolute atomic E-state index is 13.1. The zero-order chi connectivity index (χ0) is 22.9. The van der Waals surface area contributed by atoms with Gasteiger partial charge < -0.3 is 15.1 Å². The Bertz CT molecular complexity index is 1160. The van der Waals surface area contributed by atoms with Gasteiger partial charge in [0.05, 0.1) is 16.1 Å². The van der Waals surface area contributed by atoms with Gasteiger partial charge in [0.15, 0.2) is 5.13 Å². The van der Waals surface area contributed by atoms with Gasteiger partial charge in [0.2, 0.25) is 17.7 Å². The lowest BCUT2D eigenvalue weighted by Gasteiger charge is -2.32. The number of amides is 3. The van der Waals surface area contributed by atoms with Crippen molar-refractivity contribution in [1.29, 1.82) is 0 Å². The van der Waals surface area contributed by atoms with Gasteiger partial charge in [0, 0.05) is 37.7 Å². The fraction of sp³-hybridized carbons (Fsp3) is 0.360. The number of hydrogen-bond acceptors (Lipinski definition) is 5. The van der Waals surface area contributed by atoms with E-state index < -0.39 is 0 Å². The van der Waals surface area contributed by atoms with Crippen molar-refractivity contribution >= 4 is 50.1 Å². The van der Waals surface area contributed by atoms with Crippen LogP contribution >= 0.6 is 11.3 Å². The molecule has 8 heteroatoms. The molecule has 0 aliphatic carbocycles. The molecule has 33 heavy (non-hydrogen) atoms. The molecular weight excluding hydrogens is 436 g/mol. The fourth-order valence-electron chi connectivity index (χ4n) is 4.60. The highest BCUT2D eigenvalue weighted by molar-refractivity contribution is 7.22. The van der Waals surface area contributed by atoms with Crippen LogP contribution in [0.1, 0.15) is 24.8 Å². The number of hydrogen-bond donors (Lipinski definition) is 1. The predicted octanol–water partition coefficient (Wildman–Crippen LogP) is 3.83. The highest BCUT2D eigenvalue weighted by atomic mass is 32.1. The summed E-state index contributed by atoms with van der Waals surface area (Å²) in [6, 6.07) is 15.6. The lowest BCUT2D eigenvalue weighted by atomic mass is 9.94. The predicted molar refractivity (Wildman–Crippen MR) is 129 cm³/mol. The van der Waals surface area contributed by atoms with E-state index in [0.717, 1.165) is 21.5 Å². The summed E-state index contributed by atoms with van der Waals surface area (Å²) < 4.78 is 1.04. The Morgan fingerprint density at radius 3 is 2.48 bits per heavy atom. The number of anilines is 2. The van der Waals surface area contributed by atoms with Crippen LogP contribution in [0.25, 0.3) is 10.2 Å². The van der Waals surface area contributed by atoms with E-state index in [0.29, 0.717) is 37.6 Å². The van der Waals surface area contributed by atoms with Gasteiger partial charge in [-0.3, -0.25) is 14.4 Å². The van der Waals surface area contributed by atoms with Crippen LogP contribution in [0.5, 0.6) is 0 Å². The molecule has 2 fully saturated rings. The Hall–Kier alpha value is -3.26. The van der Waals surface area contributed by atoms with Crippen molar-refractivity contribution in [1.82, 2.24) is 9.88 Å². The molecule has 0 saturated carbocycles. The van der Waals surface area contributed by atoms with Crippen LogP contribution in [-0.2, 0) is 14.4 Å². The summed E-state index contributed by atoms with van der Waals surface area (Å²) in [6.07, 6.45) is 1.47. The number of aryl methyl sites for hydroxylation is 1. The molecule has 0 radical (unpaired) electrons. The molecule has 2 aromatic carbocycles. The number of fused-ring (bicyclic) bond motifs is 1. The topological polar surface area (TPSA) is 82.6 Å². The number of nitrogens with zero attached hydrogens (tertiary/aromatic N) is 3. The van der Waals surface area contributed by atoms with E-state index in [1.165, 1.54) is 11.3 Å². The first-order valence-electron chi connectivity index (χ1n) is 11.3. The molecule has 1 N–H and O–H groups in total. The summed E-state index contributed by atoms with van der Waals surface area (Å²) in [7, 11) is 0. The maximum Gasteiger partial charge on any atom is 0.229 e. The van der Waals surface area contributed by atoms with E-state index in [4.69, 9.17) is 0 Å². The number of likely N-dealkylation sites (tertiary alicyclic amines) is 1. The smallest absolute Gasteiger partial charge is 0.229 e. The zero-order valence-electron chi connectivity index (χ0n) is 18.5. The third kappa shape index (κ3) is 4.48. The van der Waals surface area contributed by atoms with Gasteiger partial charge in [-0.25, -0.2) is 4.98 Å². The summed E-state index contributed by atoms with van der Waals surface area (Å²) >= 11 is 1.47. The largest absolute Gasteiger partial charge is 0.342 e. The minimum Gasteiger partial charge on any atom is -0.342 e. The van der Waals surface area contributed by atoms with E-state index in [1.54, 1.807) is 4.90 Å². The third-order valence-corrected chi connectivity index (χ3v) is 7.47. The summed E-state index contributed by atoms with van der Waals surface area (Å²) in [4.78, 5) is 46.4. The molecule has 3 amide bonds. The Morgan fingerprint density at radius 2 is 1.76 bits per heavy atom. The fourth-order valence-corrected chi connectivity index (χ4v) is 5.47. The number of aromatic nitrogens is 1. The van der Waals surface area contributed by atoms with E-state index in [-0.39, 0.29) is 36.0 Å². The van der Waals surface area contributed by atoms with E-state index >= 15 is 0 Å². The number of nitrogens with one attached hydrogen (secondary N) is 1. The molecule has 1 aromatic heterocycles. The number of rotatable bonds is 4. The van der Waals surface area contributed by atoms with Gasteiger partial charge >= 0.3 is 0 Å². The zero-order valence-corrected chi connectivity index (χ0v) is 19.3. The second-order valence-corrected chi connectivity index (χ2v) is 9.85. The number of benzene rings is 2. The van der Waals surface area contributed by atoms with Gasteiger partial charge in [-0.1, -0.05) is 41.2 Å². The minimum absolute atomic E-state index is 0.0118. The van der Waals surface area contributed by atoms with Crippen LogP contribution in [0.3, 0.4) is 0 Å². The second kappa shape index (κ2) is 8.94. The van der Waals surface area contributed by atoms with E-state index in [9.17, 15) is 14.4 Å². The number of carbonyl (C=O) groups is 3. The molecular formula is C25H26N4O3S. The van der Waals surface area contributed by atoms with Crippen LogP contribution in [0, 0.1) is 18.8 Å². The summed E-state index contributed by atoms with van der Waals surface area (Å²) in [5.74, 6) is -0.504. The average molecular weight is 463 g/mol. The lowest BCUT2D eigenvalue weighted by molar-refractivity contribution is -0.138. The number of carbonyl (C=O) groups excluding carboxylic acids is 3. The first-order chi connectivity index (χ1) is 16.0. The molecule has 5 rings (SSSR count). The third-order valence-electron chi connectivity index (χ3n) is 6.52. The van der Waals surface area contributed by atoms with Crippen LogP contribution in [-0.4, -0.2) is 47.2 Å². The monoisotopic (exact) mass is 462 g/mol. The minimum atomic E-state index is -0.327. The summed E-state index contributed by atoms with van der Waals surface area (Å²) in [6.45, 7) is 3.49. The molecule has 3 aromatic rings. The SMILES string of the molecule is Cc1ccc(N2CC(C(=O)N3CCC(C(=O)Nc4nc5ccccc5s4)CC3)CC2=O)cc1. The lowest BCUT2D eigenvalue weighted by Crippen LogP contribution is -2.44. The second-order valence-electron chi connectivity index (χ2n) is 8.82. The van der Waals surface area contributed by atoms with Crippen LogP contribution in [0.4, 0.5) is 10.8 Å². The van der Waals surface area contributed by atoms with E-state index in [1.807, 2.05) is 60.4 Å². The van der Waals surface area contributed by atoms with Crippen LogP contribution in [0.15, 0.2) is 48.5 Å². The van der Waals surface area contributed by atoms with Gasteiger partial charge in [0.25, 0.3) is 0 Å². The Morgan fingerprint density at radius 1 is 1.03 bits per heavy atom. The van der Waals surface area contributed by atoms with Crippen molar-refractivity contribution in [3.63, 3.8) is 0 Å². The van der Waals surface area contributed by atoms with Crippen molar-refractivity contribution in [3.8, 4) is 0 Å². The molecule has 0 bridgehead atoms. The standard InChI is InChI=1S/C25H26N4O3S/c1-16-6-8-19(9-7-16)29-15-18(14-22(29)30)24(32)28-12-10-17(11-13-28)23(31)27-25-26-20-4-2-3-5-21(20)33-25/h2-9,17-18H,10-15H2,1H3,(H,26,27,31). The van der Waals surface area contributed by atoms with Crippen molar-refractivity contribution < 1.29 is 14.4 Å². The highest BCUT2D eigenvalue weighted by Gasteiger charge is 2.38.